The Morgan fingerprint density at radius 3 is 2.71 bits per heavy atom. The number of para-hydroxylation sites is 3. The topological polar surface area (TPSA) is 69.0 Å². The zero-order chi connectivity index (χ0) is 19.5. The molecule has 0 fully saturated rings. The Balaban J connectivity index is 1.63. The van der Waals surface area contributed by atoms with Gasteiger partial charge in [-0.15, -0.1) is 0 Å². The van der Waals surface area contributed by atoms with Crippen molar-refractivity contribution in [1.29, 1.82) is 0 Å². The second-order valence-electron chi connectivity index (χ2n) is 6.30. The molecule has 0 unspecified atom stereocenters. The quantitative estimate of drug-likeness (QED) is 0.564. The molecule has 1 N–H and O–H groups in total. The summed E-state index contributed by atoms with van der Waals surface area (Å²) in [5.41, 5.74) is 2.72. The zero-order valence-electron chi connectivity index (χ0n) is 15.7. The molecular weight excluding hydrogens is 352 g/mol. The first-order valence-corrected chi connectivity index (χ1v) is 9.11. The monoisotopic (exact) mass is 372 g/mol. The van der Waals surface area contributed by atoms with Gasteiger partial charge in [0, 0.05) is 5.39 Å². The van der Waals surface area contributed by atoms with Gasteiger partial charge in [0.05, 0.1) is 35.3 Å². The number of benzene rings is 2. The van der Waals surface area contributed by atoms with Crippen LogP contribution in [0.1, 0.15) is 23.0 Å². The van der Waals surface area contributed by atoms with Crippen LogP contribution in [-0.2, 0) is 0 Å². The lowest BCUT2D eigenvalue weighted by molar-refractivity contribution is 0.102. The minimum atomic E-state index is -0.239. The number of ether oxygens (including phenoxy) is 1. The van der Waals surface area contributed by atoms with Gasteiger partial charge < -0.3 is 10.1 Å². The van der Waals surface area contributed by atoms with Gasteiger partial charge in [-0.25, -0.2) is 9.67 Å². The Kier molecular flexibility index (Phi) is 4.76. The van der Waals surface area contributed by atoms with E-state index >= 15 is 0 Å². The zero-order valence-corrected chi connectivity index (χ0v) is 15.7. The number of pyridine rings is 1. The van der Waals surface area contributed by atoms with E-state index in [4.69, 9.17) is 4.74 Å². The van der Waals surface area contributed by atoms with Crippen LogP contribution in [0.2, 0.25) is 0 Å². The van der Waals surface area contributed by atoms with Gasteiger partial charge in [0.25, 0.3) is 5.91 Å². The maximum atomic E-state index is 12.8. The highest BCUT2D eigenvalue weighted by Crippen LogP contribution is 2.25. The third-order valence-corrected chi connectivity index (χ3v) is 4.49. The van der Waals surface area contributed by atoms with Crippen LogP contribution >= 0.6 is 0 Å². The molecule has 6 heteroatoms. The van der Waals surface area contributed by atoms with Crippen molar-refractivity contribution in [3.8, 4) is 11.6 Å². The highest BCUT2D eigenvalue weighted by atomic mass is 16.5. The van der Waals surface area contributed by atoms with Gasteiger partial charge >= 0.3 is 0 Å². The van der Waals surface area contributed by atoms with Crippen LogP contribution in [0.3, 0.4) is 0 Å². The van der Waals surface area contributed by atoms with Gasteiger partial charge in [0.1, 0.15) is 5.75 Å². The molecule has 4 aromatic rings. The fourth-order valence-corrected chi connectivity index (χ4v) is 3.08. The van der Waals surface area contributed by atoms with Crippen LogP contribution in [0, 0.1) is 6.92 Å². The molecule has 28 heavy (non-hydrogen) atoms. The van der Waals surface area contributed by atoms with Crippen molar-refractivity contribution in [3.05, 3.63) is 78.1 Å². The van der Waals surface area contributed by atoms with Crippen molar-refractivity contribution in [3.63, 3.8) is 0 Å². The molecule has 1 amide bonds. The highest BCUT2D eigenvalue weighted by molar-refractivity contribution is 6.05. The lowest BCUT2D eigenvalue weighted by Crippen LogP contribution is -2.14. The number of carbonyl (C=O) groups excluding carboxylic acids is 1. The van der Waals surface area contributed by atoms with E-state index < -0.39 is 0 Å². The molecule has 6 nitrogen and oxygen atoms in total. The summed E-state index contributed by atoms with van der Waals surface area (Å²) in [4.78, 5) is 17.5. The number of nitrogens with one attached hydrogen (secondary N) is 1. The van der Waals surface area contributed by atoms with E-state index in [1.807, 2.05) is 74.5 Å². The van der Waals surface area contributed by atoms with Gasteiger partial charge in [0.15, 0.2) is 5.82 Å². The SMILES string of the molecule is CCOc1ccccc1NC(=O)c1cnn(-c2ccc3ccccc3n2)c1C. The summed E-state index contributed by atoms with van der Waals surface area (Å²) < 4.78 is 7.25. The Labute approximate surface area is 162 Å². The van der Waals surface area contributed by atoms with Crippen LogP contribution in [0.5, 0.6) is 5.75 Å². The molecule has 0 saturated carbocycles. The first-order chi connectivity index (χ1) is 13.7. The van der Waals surface area contributed by atoms with Crippen LogP contribution in [0.25, 0.3) is 16.7 Å². The second kappa shape index (κ2) is 7.52. The number of carbonyl (C=O) groups is 1. The lowest BCUT2D eigenvalue weighted by atomic mass is 10.2. The van der Waals surface area contributed by atoms with E-state index in [1.165, 1.54) is 0 Å². The number of fused-ring (bicyclic) bond motifs is 1. The molecule has 0 saturated heterocycles. The molecule has 0 aliphatic heterocycles. The minimum Gasteiger partial charge on any atom is -0.492 e. The van der Waals surface area contributed by atoms with E-state index in [9.17, 15) is 4.79 Å². The summed E-state index contributed by atoms with van der Waals surface area (Å²) >= 11 is 0. The predicted molar refractivity (Wildman–Crippen MR) is 109 cm³/mol. The maximum Gasteiger partial charge on any atom is 0.259 e. The van der Waals surface area contributed by atoms with Crippen LogP contribution < -0.4 is 10.1 Å². The molecule has 0 aliphatic carbocycles. The van der Waals surface area contributed by atoms with Crippen molar-refractivity contribution in [2.75, 3.05) is 11.9 Å². The van der Waals surface area contributed by atoms with Crippen LogP contribution in [0.4, 0.5) is 5.69 Å². The van der Waals surface area contributed by atoms with E-state index in [2.05, 4.69) is 15.4 Å². The van der Waals surface area contributed by atoms with Crippen molar-refractivity contribution in [2.24, 2.45) is 0 Å². The number of hydrogen-bond donors (Lipinski definition) is 1. The largest absolute Gasteiger partial charge is 0.492 e. The number of rotatable bonds is 5. The van der Waals surface area contributed by atoms with Gasteiger partial charge in [-0.2, -0.15) is 5.10 Å². The molecule has 0 radical (unpaired) electrons. The minimum absolute atomic E-state index is 0.239. The molecule has 2 heterocycles. The number of anilines is 1. The van der Waals surface area contributed by atoms with Gasteiger partial charge in [-0.3, -0.25) is 4.79 Å². The third-order valence-electron chi connectivity index (χ3n) is 4.49. The Morgan fingerprint density at radius 1 is 1.07 bits per heavy atom. The number of aromatic nitrogens is 3. The summed E-state index contributed by atoms with van der Waals surface area (Å²) in [5.74, 6) is 1.07. The maximum absolute atomic E-state index is 12.8. The fraction of sp³-hybridized carbons (Fsp3) is 0.136. The summed E-state index contributed by atoms with van der Waals surface area (Å²) in [6.07, 6.45) is 1.56. The smallest absolute Gasteiger partial charge is 0.259 e. The van der Waals surface area contributed by atoms with Gasteiger partial charge in [0.2, 0.25) is 0 Å². The van der Waals surface area contributed by atoms with Crippen molar-refractivity contribution >= 4 is 22.5 Å². The van der Waals surface area contributed by atoms with E-state index in [-0.39, 0.29) is 5.91 Å². The van der Waals surface area contributed by atoms with E-state index in [1.54, 1.807) is 10.9 Å². The summed E-state index contributed by atoms with van der Waals surface area (Å²) in [5, 5.41) is 8.34. The average Bonchev–Trinajstić information content (AvgIpc) is 3.11. The van der Waals surface area contributed by atoms with E-state index in [0.29, 0.717) is 35.1 Å². The standard InChI is InChI=1S/C22H20N4O2/c1-3-28-20-11-7-6-10-19(20)25-22(27)17-14-23-26(15(17)2)21-13-12-16-8-4-5-9-18(16)24-21/h4-14H,3H2,1-2H3,(H,25,27). The molecule has 2 aromatic carbocycles. The number of amides is 1. The van der Waals surface area contributed by atoms with Crippen molar-refractivity contribution in [1.82, 2.24) is 14.8 Å². The molecular formula is C22H20N4O2. The molecule has 0 spiro atoms. The molecule has 2 aromatic heterocycles. The van der Waals surface area contributed by atoms with Crippen LogP contribution in [0.15, 0.2) is 66.9 Å². The number of hydrogen-bond acceptors (Lipinski definition) is 4. The Bertz CT molecular complexity index is 1150. The van der Waals surface area contributed by atoms with Crippen molar-refractivity contribution < 1.29 is 9.53 Å². The van der Waals surface area contributed by atoms with Gasteiger partial charge in [-0.1, -0.05) is 30.3 Å². The molecule has 140 valence electrons. The summed E-state index contributed by atoms with van der Waals surface area (Å²) in [7, 11) is 0. The molecule has 0 atom stereocenters. The first-order valence-electron chi connectivity index (χ1n) is 9.11. The molecule has 4 rings (SSSR count). The average molecular weight is 372 g/mol. The highest BCUT2D eigenvalue weighted by Gasteiger charge is 2.17. The summed E-state index contributed by atoms with van der Waals surface area (Å²) in [6, 6.07) is 19.2. The third kappa shape index (κ3) is 3.32. The number of nitrogens with zero attached hydrogens (tertiary/aromatic N) is 3. The fourth-order valence-electron chi connectivity index (χ4n) is 3.08. The van der Waals surface area contributed by atoms with Gasteiger partial charge in [-0.05, 0) is 44.2 Å². The molecule has 0 aliphatic rings. The van der Waals surface area contributed by atoms with Crippen LogP contribution in [-0.4, -0.2) is 27.3 Å². The Morgan fingerprint density at radius 2 is 1.86 bits per heavy atom. The van der Waals surface area contributed by atoms with Crippen molar-refractivity contribution in [2.45, 2.75) is 13.8 Å². The predicted octanol–water partition coefficient (Wildman–Crippen LogP) is 4.38. The lowest BCUT2D eigenvalue weighted by Gasteiger charge is -2.11. The first kappa shape index (κ1) is 17.7. The summed E-state index contributed by atoms with van der Waals surface area (Å²) in [6.45, 7) is 4.29. The molecule has 0 bridgehead atoms. The normalized spacial score (nSPS) is 10.8. The van der Waals surface area contributed by atoms with E-state index in [0.717, 1.165) is 10.9 Å². The Hall–Kier alpha value is -3.67. The second-order valence-corrected chi connectivity index (χ2v) is 6.30.